The molecule has 0 bridgehead atoms. The Bertz CT molecular complexity index is 667. The first-order valence-electron chi connectivity index (χ1n) is 6.93. The smallest absolute Gasteiger partial charge is 0.255 e. The molecule has 2 aromatic rings. The van der Waals surface area contributed by atoms with Gasteiger partial charge in [-0.2, -0.15) is 0 Å². The highest BCUT2D eigenvalue weighted by Gasteiger charge is 2.14. The average molecular weight is 318 g/mol. The normalized spacial score (nSPS) is 10.0. The number of rotatable bonds is 7. The number of furan rings is 1. The molecule has 0 saturated heterocycles. The maximum atomic E-state index is 12.2. The Labute approximate surface area is 133 Å². The van der Waals surface area contributed by atoms with Gasteiger partial charge in [0.25, 0.3) is 5.91 Å². The molecule has 1 aromatic heterocycles. The zero-order valence-electron chi connectivity index (χ0n) is 12.9. The van der Waals surface area contributed by atoms with E-state index in [4.69, 9.17) is 13.9 Å². The number of ether oxygens (including phenoxy) is 2. The molecular weight excluding hydrogens is 300 g/mol. The van der Waals surface area contributed by atoms with Crippen molar-refractivity contribution in [1.29, 1.82) is 0 Å². The SMILES string of the molecule is COc1ccc(OC)c(C(=O)NCC(=O)NCc2ccco2)c1. The lowest BCUT2D eigenvalue weighted by molar-refractivity contribution is -0.120. The molecule has 0 aliphatic rings. The van der Waals surface area contributed by atoms with Gasteiger partial charge in [0.15, 0.2) is 0 Å². The first-order valence-corrected chi connectivity index (χ1v) is 6.93. The van der Waals surface area contributed by atoms with Crippen LogP contribution in [-0.2, 0) is 11.3 Å². The van der Waals surface area contributed by atoms with E-state index in [1.807, 2.05) is 0 Å². The maximum absolute atomic E-state index is 12.2. The first-order chi connectivity index (χ1) is 11.1. The Morgan fingerprint density at radius 2 is 1.96 bits per heavy atom. The van der Waals surface area contributed by atoms with Gasteiger partial charge in [0.2, 0.25) is 5.91 Å². The van der Waals surface area contributed by atoms with E-state index in [2.05, 4.69) is 10.6 Å². The van der Waals surface area contributed by atoms with Gasteiger partial charge in [0.1, 0.15) is 17.3 Å². The second-order valence-corrected chi connectivity index (χ2v) is 4.60. The van der Waals surface area contributed by atoms with E-state index in [1.165, 1.54) is 20.5 Å². The summed E-state index contributed by atoms with van der Waals surface area (Å²) >= 11 is 0. The van der Waals surface area contributed by atoms with Crippen molar-refractivity contribution in [3.05, 3.63) is 47.9 Å². The van der Waals surface area contributed by atoms with Gasteiger partial charge in [-0.15, -0.1) is 0 Å². The first kappa shape index (κ1) is 16.4. The molecule has 0 fully saturated rings. The number of hydrogen-bond acceptors (Lipinski definition) is 5. The minimum atomic E-state index is -0.422. The molecule has 1 heterocycles. The fourth-order valence-corrected chi connectivity index (χ4v) is 1.91. The fraction of sp³-hybridized carbons (Fsp3) is 0.250. The molecule has 0 atom stereocenters. The molecular formula is C16H18N2O5. The molecule has 0 spiro atoms. The zero-order valence-corrected chi connectivity index (χ0v) is 12.9. The molecule has 0 unspecified atom stereocenters. The van der Waals surface area contributed by atoms with Crippen molar-refractivity contribution in [2.75, 3.05) is 20.8 Å². The molecule has 1 aromatic carbocycles. The highest BCUT2D eigenvalue weighted by Crippen LogP contribution is 2.23. The van der Waals surface area contributed by atoms with E-state index in [0.29, 0.717) is 22.8 Å². The van der Waals surface area contributed by atoms with Crippen LogP contribution >= 0.6 is 0 Å². The number of benzene rings is 1. The molecule has 122 valence electrons. The zero-order chi connectivity index (χ0) is 16.7. The summed E-state index contributed by atoms with van der Waals surface area (Å²) in [6, 6.07) is 8.35. The second-order valence-electron chi connectivity index (χ2n) is 4.60. The quantitative estimate of drug-likeness (QED) is 0.804. The molecule has 7 nitrogen and oxygen atoms in total. The monoisotopic (exact) mass is 318 g/mol. The lowest BCUT2D eigenvalue weighted by Gasteiger charge is -2.11. The van der Waals surface area contributed by atoms with Crippen LogP contribution in [0.2, 0.25) is 0 Å². The number of methoxy groups -OCH3 is 2. The Balaban J connectivity index is 1.90. The van der Waals surface area contributed by atoms with E-state index >= 15 is 0 Å². The molecule has 2 rings (SSSR count). The average Bonchev–Trinajstić information content (AvgIpc) is 3.10. The molecule has 0 aliphatic heterocycles. The van der Waals surface area contributed by atoms with Gasteiger partial charge in [0, 0.05) is 0 Å². The van der Waals surface area contributed by atoms with Crippen LogP contribution in [-0.4, -0.2) is 32.6 Å². The summed E-state index contributed by atoms with van der Waals surface area (Å²) in [4.78, 5) is 23.9. The topological polar surface area (TPSA) is 89.8 Å². The molecule has 0 aliphatic carbocycles. The molecule has 0 saturated carbocycles. The number of carbonyl (C=O) groups is 2. The van der Waals surface area contributed by atoms with Gasteiger partial charge in [-0.05, 0) is 30.3 Å². The third kappa shape index (κ3) is 4.50. The fourth-order valence-electron chi connectivity index (χ4n) is 1.91. The van der Waals surface area contributed by atoms with E-state index in [-0.39, 0.29) is 19.0 Å². The summed E-state index contributed by atoms with van der Waals surface area (Å²) in [6.45, 7) is 0.115. The minimum Gasteiger partial charge on any atom is -0.497 e. The maximum Gasteiger partial charge on any atom is 0.255 e. The van der Waals surface area contributed by atoms with Crippen LogP contribution in [0.3, 0.4) is 0 Å². The molecule has 7 heteroatoms. The van der Waals surface area contributed by atoms with Gasteiger partial charge >= 0.3 is 0 Å². The van der Waals surface area contributed by atoms with E-state index in [9.17, 15) is 9.59 Å². The van der Waals surface area contributed by atoms with Crippen LogP contribution in [0.4, 0.5) is 0 Å². The molecule has 2 amide bonds. The van der Waals surface area contributed by atoms with Crippen molar-refractivity contribution in [1.82, 2.24) is 10.6 Å². The third-order valence-corrected chi connectivity index (χ3v) is 3.10. The lowest BCUT2D eigenvalue weighted by atomic mass is 10.1. The van der Waals surface area contributed by atoms with Crippen LogP contribution in [0.25, 0.3) is 0 Å². The van der Waals surface area contributed by atoms with Gasteiger partial charge in [0.05, 0.1) is 39.1 Å². The minimum absolute atomic E-state index is 0.153. The van der Waals surface area contributed by atoms with Gasteiger partial charge in [-0.1, -0.05) is 0 Å². The predicted octanol–water partition coefficient (Wildman–Crippen LogP) is 1.34. The van der Waals surface area contributed by atoms with Crippen LogP contribution in [0.1, 0.15) is 16.1 Å². The van der Waals surface area contributed by atoms with Crippen LogP contribution in [0.5, 0.6) is 11.5 Å². The summed E-state index contributed by atoms with van der Waals surface area (Å²) in [7, 11) is 2.97. The molecule has 0 radical (unpaired) electrons. The highest BCUT2D eigenvalue weighted by molar-refractivity contribution is 5.99. The number of hydrogen-bond donors (Lipinski definition) is 2. The lowest BCUT2D eigenvalue weighted by Crippen LogP contribution is -2.36. The second kappa shape index (κ2) is 7.88. The van der Waals surface area contributed by atoms with Gasteiger partial charge in [-0.25, -0.2) is 0 Å². The Morgan fingerprint density at radius 3 is 2.61 bits per heavy atom. The van der Waals surface area contributed by atoms with Crippen molar-refractivity contribution in [3.63, 3.8) is 0 Å². The summed E-state index contributed by atoms with van der Waals surface area (Å²) in [5.41, 5.74) is 0.297. The predicted molar refractivity (Wildman–Crippen MR) is 82.4 cm³/mol. The van der Waals surface area contributed by atoms with Crippen molar-refractivity contribution >= 4 is 11.8 Å². The Kier molecular flexibility index (Phi) is 5.62. The largest absolute Gasteiger partial charge is 0.497 e. The van der Waals surface area contributed by atoms with Crippen molar-refractivity contribution in [2.24, 2.45) is 0 Å². The summed E-state index contributed by atoms with van der Waals surface area (Å²) < 4.78 is 15.3. The van der Waals surface area contributed by atoms with Crippen LogP contribution < -0.4 is 20.1 Å². The molecule has 23 heavy (non-hydrogen) atoms. The third-order valence-electron chi connectivity index (χ3n) is 3.10. The summed E-state index contributed by atoms with van der Waals surface area (Å²) in [6.07, 6.45) is 1.53. The Hall–Kier alpha value is -2.96. The van der Waals surface area contributed by atoms with Gasteiger partial charge < -0.3 is 24.5 Å². The number of amides is 2. The Morgan fingerprint density at radius 1 is 1.13 bits per heavy atom. The van der Waals surface area contributed by atoms with E-state index < -0.39 is 5.91 Å². The summed E-state index contributed by atoms with van der Waals surface area (Å²) in [5.74, 6) is 0.821. The van der Waals surface area contributed by atoms with Crippen LogP contribution in [0.15, 0.2) is 41.0 Å². The van der Waals surface area contributed by atoms with Crippen molar-refractivity contribution < 1.29 is 23.5 Å². The van der Waals surface area contributed by atoms with E-state index in [1.54, 1.807) is 30.3 Å². The standard InChI is InChI=1S/C16H18N2O5/c1-21-11-5-6-14(22-2)13(8-11)16(20)18-10-15(19)17-9-12-4-3-7-23-12/h3-8H,9-10H2,1-2H3,(H,17,19)(H,18,20). The highest BCUT2D eigenvalue weighted by atomic mass is 16.5. The van der Waals surface area contributed by atoms with Crippen molar-refractivity contribution in [3.8, 4) is 11.5 Å². The number of carbonyl (C=O) groups excluding carboxylic acids is 2. The molecule has 2 N–H and O–H groups in total. The van der Waals surface area contributed by atoms with Crippen molar-refractivity contribution in [2.45, 2.75) is 6.54 Å². The number of nitrogens with one attached hydrogen (secondary N) is 2. The summed E-state index contributed by atoms with van der Waals surface area (Å²) in [5, 5.41) is 5.18. The van der Waals surface area contributed by atoms with Gasteiger partial charge in [-0.3, -0.25) is 9.59 Å². The van der Waals surface area contributed by atoms with Crippen LogP contribution in [0, 0.1) is 0 Å². The van der Waals surface area contributed by atoms with E-state index in [0.717, 1.165) is 0 Å².